The van der Waals surface area contributed by atoms with Gasteiger partial charge in [-0.3, -0.25) is 24.6 Å². The molecular weight excluding hydrogens is 320 g/mol. The van der Waals surface area contributed by atoms with Gasteiger partial charge < -0.3 is 10.6 Å². The number of nitrogens with zero attached hydrogens (tertiary/aromatic N) is 2. The Labute approximate surface area is 146 Å². The molecule has 0 saturated carbocycles. The molecule has 0 radical (unpaired) electrons. The number of piperidine rings is 1. The van der Waals surface area contributed by atoms with Crippen molar-refractivity contribution in [2.24, 2.45) is 5.73 Å². The molecule has 1 unspecified atom stereocenters. The van der Waals surface area contributed by atoms with Crippen LogP contribution in [0.2, 0.25) is 0 Å². The molecule has 25 heavy (non-hydrogen) atoms. The highest BCUT2D eigenvalue weighted by atomic mass is 16.2. The maximum Gasteiger partial charge on any atom is 0.255 e. The molecule has 2 fully saturated rings. The second-order valence-corrected chi connectivity index (χ2v) is 7.14. The number of nitrogens with one attached hydrogen (secondary N) is 1. The summed E-state index contributed by atoms with van der Waals surface area (Å²) >= 11 is 0. The van der Waals surface area contributed by atoms with E-state index in [0.717, 1.165) is 30.6 Å². The zero-order chi connectivity index (χ0) is 17.6. The fourth-order valence-electron chi connectivity index (χ4n) is 4.07. The summed E-state index contributed by atoms with van der Waals surface area (Å²) < 4.78 is 0. The van der Waals surface area contributed by atoms with Gasteiger partial charge >= 0.3 is 0 Å². The zero-order valence-corrected chi connectivity index (χ0v) is 14.0. The summed E-state index contributed by atoms with van der Waals surface area (Å²) in [7, 11) is 0. The molecule has 132 valence electrons. The Hall–Kier alpha value is -2.25. The van der Waals surface area contributed by atoms with Crippen molar-refractivity contribution in [3.63, 3.8) is 0 Å². The quantitative estimate of drug-likeness (QED) is 0.753. The van der Waals surface area contributed by atoms with Crippen molar-refractivity contribution in [2.45, 2.75) is 44.4 Å². The van der Waals surface area contributed by atoms with Gasteiger partial charge in [0.05, 0.1) is 0 Å². The van der Waals surface area contributed by atoms with Crippen LogP contribution in [0.25, 0.3) is 0 Å². The second kappa shape index (κ2) is 6.24. The first-order chi connectivity index (χ1) is 12.0. The first-order valence-electron chi connectivity index (χ1n) is 8.76. The summed E-state index contributed by atoms with van der Waals surface area (Å²) in [5, 5.41) is 2.34. The lowest BCUT2D eigenvalue weighted by Gasteiger charge is -2.29. The highest BCUT2D eigenvalue weighted by Crippen LogP contribution is 2.30. The van der Waals surface area contributed by atoms with Crippen molar-refractivity contribution >= 4 is 17.7 Å². The normalized spacial score (nSPS) is 26.9. The molecule has 0 aromatic heterocycles. The smallest absolute Gasteiger partial charge is 0.255 e. The Morgan fingerprint density at radius 1 is 1.20 bits per heavy atom. The van der Waals surface area contributed by atoms with E-state index < -0.39 is 6.04 Å². The van der Waals surface area contributed by atoms with Crippen LogP contribution in [0.5, 0.6) is 0 Å². The van der Waals surface area contributed by atoms with Gasteiger partial charge in [-0.1, -0.05) is 18.2 Å². The zero-order valence-electron chi connectivity index (χ0n) is 14.0. The predicted octanol–water partition coefficient (Wildman–Crippen LogP) is -0.0194. The second-order valence-electron chi connectivity index (χ2n) is 7.14. The van der Waals surface area contributed by atoms with Crippen LogP contribution >= 0.6 is 0 Å². The molecule has 7 heteroatoms. The number of hydrogen-bond acceptors (Lipinski definition) is 5. The van der Waals surface area contributed by atoms with Gasteiger partial charge in [-0.25, -0.2) is 0 Å². The first kappa shape index (κ1) is 16.2. The Morgan fingerprint density at radius 3 is 2.76 bits per heavy atom. The molecule has 0 aliphatic carbocycles. The fraction of sp³-hybridized carbons (Fsp3) is 0.500. The van der Waals surface area contributed by atoms with Gasteiger partial charge in [0.1, 0.15) is 6.04 Å². The van der Waals surface area contributed by atoms with Crippen molar-refractivity contribution in [2.75, 3.05) is 13.1 Å². The van der Waals surface area contributed by atoms with E-state index in [9.17, 15) is 14.4 Å². The molecule has 3 aliphatic rings. The van der Waals surface area contributed by atoms with Crippen molar-refractivity contribution in [3.05, 3.63) is 34.9 Å². The van der Waals surface area contributed by atoms with Crippen molar-refractivity contribution < 1.29 is 14.4 Å². The van der Waals surface area contributed by atoms with Crippen molar-refractivity contribution in [1.29, 1.82) is 0 Å². The van der Waals surface area contributed by atoms with E-state index in [1.165, 1.54) is 0 Å². The summed E-state index contributed by atoms with van der Waals surface area (Å²) in [5.41, 5.74) is 8.64. The molecule has 1 aromatic carbocycles. The third-order valence-corrected chi connectivity index (χ3v) is 5.34. The molecule has 7 nitrogen and oxygen atoms in total. The van der Waals surface area contributed by atoms with Gasteiger partial charge in [0.25, 0.3) is 5.91 Å². The fourth-order valence-corrected chi connectivity index (χ4v) is 4.07. The number of amides is 3. The maximum absolute atomic E-state index is 13.0. The van der Waals surface area contributed by atoms with Crippen LogP contribution in [0.3, 0.4) is 0 Å². The predicted molar refractivity (Wildman–Crippen MR) is 90.4 cm³/mol. The molecule has 3 N–H and O–H groups in total. The summed E-state index contributed by atoms with van der Waals surface area (Å²) in [5.74, 6) is -0.746. The standard InChI is InChI=1S/C18H22N4O3/c19-13-6-7-21(10-13)8-11-2-1-3-12-9-22(18(25)16(11)12)14-4-5-15(23)20-17(14)24/h1-3,13-14H,4-10,19H2,(H,20,23,24)/t13-,14?/m1/s1. The van der Waals surface area contributed by atoms with Crippen LogP contribution in [-0.2, 0) is 22.7 Å². The molecule has 1 aromatic rings. The third kappa shape index (κ3) is 2.94. The number of hydrogen-bond donors (Lipinski definition) is 2. The number of nitrogens with two attached hydrogens (primary N) is 1. The molecule has 2 atom stereocenters. The van der Waals surface area contributed by atoms with Crippen LogP contribution in [0, 0.1) is 0 Å². The molecule has 3 amide bonds. The molecule has 0 spiro atoms. The molecular formula is C18H22N4O3. The topological polar surface area (TPSA) is 95.7 Å². The van der Waals surface area contributed by atoms with E-state index in [1.807, 2.05) is 18.2 Å². The van der Waals surface area contributed by atoms with Crippen LogP contribution in [0.1, 0.15) is 40.7 Å². The SMILES string of the molecule is N[C@@H]1CCN(Cc2cccc3c2C(=O)N(C2CCC(=O)NC2=O)C3)C1. The minimum Gasteiger partial charge on any atom is -0.326 e. The van der Waals surface area contributed by atoms with Gasteiger partial charge in [0.15, 0.2) is 0 Å². The summed E-state index contributed by atoms with van der Waals surface area (Å²) in [6.45, 7) is 2.91. The highest BCUT2D eigenvalue weighted by Gasteiger charge is 2.40. The van der Waals surface area contributed by atoms with Gasteiger partial charge in [-0.2, -0.15) is 0 Å². The Bertz CT molecular complexity index is 748. The molecule has 0 bridgehead atoms. The van der Waals surface area contributed by atoms with E-state index in [1.54, 1.807) is 4.90 Å². The van der Waals surface area contributed by atoms with E-state index in [4.69, 9.17) is 5.73 Å². The highest BCUT2D eigenvalue weighted by molar-refractivity contribution is 6.05. The van der Waals surface area contributed by atoms with Crippen molar-refractivity contribution in [3.8, 4) is 0 Å². The van der Waals surface area contributed by atoms with Crippen LogP contribution < -0.4 is 11.1 Å². The summed E-state index contributed by atoms with van der Waals surface area (Å²) in [6, 6.07) is 5.52. The van der Waals surface area contributed by atoms with Crippen molar-refractivity contribution in [1.82, 2.24) is 15.1 Å². The molecule has 4 rings (SSSR count). The Kier molecular flexibility index (Phi) is 4.05. The minimum atomic E-state index is -0.564. The number of fused-ring (bicyclic) bond motifs is 1. The third-order valence-electron chi connectivity index (χ3n) is 5.34. The molecule has 2 saturated heterocycles. The van der Waals surface area contributed by atoms with Crippen LogP contribution in [0.4, 0.5) is 0 Å². The van der Waals surface area contributed by atoms with Gasteiger partial charge in [-0.05, 0) is 24.0 Å². The van der Waals surface area contributed by atoms with Gasteiger partial charge in [0.2, 0.25) is 11.8 Å². The molecule has 3 heterocycles. The number of carbonyl (C=O) groups excluding carboxylic acids is 3. The Balaban J connectivity index is 1.56. The number of likely N-dealkylation sites (tertiary alicyclic amines) is 1. The Morgan fingerprint density at radius 2 is 2.04 bits per heavy atom. The van der Waals surface area contributed by atoms with Crippen LogP contribution in [-0.4, -0.2) is 52.7 Å². The lowest BCUT2D eigenvalue weighted by molar-refractivity contribution is -0.136. The summed E-state index contributed by atoms with van der Waals surface area (Å²) in [6.07, 6.45) is 1.64. The number of rotatable bonds is 3. The first-order valence-corrected chi connectivity index (χ1v) is 8.76. The average Bonchev–Trinajstić information content (AvgIpc) is 3.12. The monoisotopic (exact) mass is 342 g/mol. The van der Waals surface area contributed by atoms with E-state index in [-0.39, 0.29) is 30.2 Å². The van der Waals surface area contributed by atoms with Crippen LogP contribution in [0.15, 0.2) is 18.2 Å². The maximum atomic E-state index is 13.0. The van der Waals surface area contributed by atoms with Gasteiger partial charge in [-0.15, -0.1) is 0 Å². The number of benzene rings is 1. The van der Waals surface area contributed by atoms with E-state index in [2.05, 4.69) is 10.2 Å². The average molecular weight is 342 g/mol. The summed E-state index contributed by atoms with van der Waals surface area (Å²) in [4.78, 5) is 40.4. The molecule has 3 aliphatic heterocycles. The number of imide groups is 1. The lowest BCUT2D eigenvalue weighted by Crippen LogP contribution is -2.52. The minimum absolute atomic E-state index is 0.108. The van der Waals surface area contributed by atoms with E-state index >= 15 is 0 Å². The van der Waals surface area contributed by atoms with E-state index in [0.29, 0.717) is 25.1 Å². The lowest BCUT2D eigenvalue weighted by atomic mass is 10.0. The largest absolute Gasteiger partial charge is 0.326 e. The number of carbonyl (C=O) groups is 3. The van der Waals surface area contributed by atoms with Gasteiger partial charge in [0, 0.05) is 44.2 Å².